The van der Waals surface area contributed by atoms with Crippen LogP contribution in [0, 0.1) is 10.1 Å². The van der Waals surface area contributed by atoms with Gasteiger partial charge in [0.15, 0.2) is 4.90 Å². The monoisotopic (exact) mass is 337 g/mol. The first-order valence-electron chi connectivity index (χ1n) is 6.67. The number of ether oxygens (including phenoxy) is 1. The summed E-state index contributed by atoms with van der Waals surface area (Å²) in [6, 6.07) is 6.69. The third-order valence-electron chi connectivity index (χ3n) is 3.17. The van der Waals surface area contributed by atoms with Gasteiger partial charge in [0.25, 0.3) is 15.7 Å². The Morgan fingerprint density at radius 3 is 2.43 bits per heavy atom. The molecule has 8 nitrogen and oxygen atoms in total. The smallest absolute Gasteiger partial charge is 0.293 e. The van der Waals surface area contributed by atoms with Crippen LogP contribution in [-0.4, -0.2) is 32.0 Å². The highest BCUT2D eigenvalue weighted by Crippen LogP contribution is 2.32. The highest BCUT2D eigenvalue weighted by Gasteiger charge is 2.31. The Morgan fingerprint density at radius 1 is 1.26 bits per heavy atom. The normalized spacial score (nSPS) is 11.0. The van der Waals surface area contributed by atoms with E-state index in [0.717, 1.165) is 10.4 Å². The Hall–Kier alpha value is -2.68. The molecule has 1 aromatic heterocycles. The number of pyridine rings is 1. The Bertz CT molecular complexity index is 808. The Balaban J connectivity index is 2.61. The average molecular weight is 337 g/mol. The van der Waals surface area contributed by atoms with Crippen molar-refractivity contribution in [2.75, 3.05) is 18.0 Å². The lowest BCUT2D eigenvalue weighted by Gasteiger charge is -2.22. The highest BCUT2D eigenvalue weighted by molar-refractivity contribution is 7.93. The zero-order valence-corrected chi connectivity index (χ0v) is 13.4. The van der Waals surface area contributed by atoms with Crippen LogP contribution in [-0.2, 0) is 10.0 Å². The van der Waals surface area contributed by atoms with Crippen LogP contribution >= 0.6 is 0 Å². The van der Waals surface area contributed by atoms with Crippen LogP contribution in [0.15, 0.2) is 47.6 Å². The second-order valence-electron chi connectivity index (χ2n) is 4.47. The van der Waals surface area contributed by atoms with Gasteiger partial charge in [0.05, 0.1) is 23.8 Å². The minimum atomic E-state index is -4.10. The molecule has 1 heterocycles. The molecular weight excluding hydrogens is 322 g/mol. The third kappa shape index (κ3) is 3.24. The standard InChI is InChI=1S/C14H15N3O5S/c1-3-16(11-6-8-15-9-7-11)23(20,21)14-5-4-12(22-2)10-13(14)17(18)19/h4-10H,3H2,1-2H3. The minimum Gasteiger partial charge on any atom is -0.497 e. The van der Waals surface area contributed by atoms with Crippen molar-refractivity contribution >= 4 is 21.4 Å². The summed E-state index contributed by atoms with van der Waals surface area (Å²) in [6.45, 7) is 1.77. The molecule has 0 aliphatic rings. The molecule has 0 aliphatic heterocycles. The Labute approximate surface area is 133 Å². The van der Waals surface area contributed by atoms with Crippen molar-refractivity contribution < 1.29 is 18.1 Å². The summed E-state index contributed by atoms with van der Waals surface area (Å²) in [5.74, 6) is 0.211. The zero-order valence-electron chi connectivity index (χ0n) is 12.5. The molecule has 0 radical (unpaired) electrons. The lowest BCUT2D eigenvalue weighted by Crippen LogP contribution is -2.31. The number of benzene rings is 1. The molecule has 0 bridgehead atoms. The fraction of sp³-hybridized carbons (Fsp3) is 0.214. The number of aromatic nitrogens is 1. The van der Waals surface area contributed by atoms with Gasteiger partial charge in [-0.3, -0.25) is 19.4 Å². The number of nitro benzene ring substituents is 1. The molecule has 0 fully saturated rings. The molecule has 0 saturated heterocycles. The number of methoxy groups -OCH3 is 1. The van der Waals surface area contributed by atoms with E-state index >= 15 is 0 Å². The Kier molecular flexibility index (Phi) is 4.80. The largest absolute Gasteiger partial charge is 0.497 e. The molecule has 0 saturated carbocycles. The fourth-order valence-corrected chi connectivity index (χ4v) is 3.72. The summed E-state index contributed by atoms with van der Waals surface area (Å²) in [6.07, 6.45) is 2.91. The van der Waals surface area contributed by atoms with E-state index in [1.54, 1.807) is 6.92 Å². The van der Waals surface area contributed by atoms with Crippen LogP contribution in [0.1, 0.15) is 6.92 Å². The van der Waals surface area contributed by atoms with Crippen molar-refractivity contribution in [2.45, 2.75) is 11.8 Å². The Morgan fingerprint density at radius 2 is 1.91 bits per heavy atom. The molecule has 0 amide bonds. The maximum atomic E-state index is 12.8. The average Bonchev–Trinajstić information content (AvgIpc) is 2.55. The summed E-state index contributed by atoms with van der Waals surface area (Å²) >= 11 is 0. The van der Waals surface area contributed by atoms with E-state index in [9.17, 15) is 18.5 Å². The highest BCUT2D eigenvalue weighted by atomic mass is 32.2. The zero-order chi connectivity index (χ0) is 17.0. The second kappa shape index (κ2) is 6.61. The van der Waals surface area contributed by atoms with E-state index in [1.165, 1.54) is 43.8 Å². The lowest BCUT2D eigenvalue weighted by atomic mass is 10.3. The lowest BCUT2D eigenvalue weighted by molar-refractivity contribution is -0.387. The number of anilines is 1. The van der Waals surface area contributed by atoms with Gasteiger partial charge in [-0.2, -0.15) is 0 Å². The molecular formula is C14H15N3O5S. The van der Waals surface area contributed by atoms with Gasteiger partial charge in [0, 0.05) is 18.9 Å². The molecule has 2 aromatic rings. The van der Waals surface area contributed by atoms with E-state index in [4.69, 9.17) is 4.74 Å². The molecule has 0 atom stereocenters. The number of hydrogen-bond acceptors (Lipinski definition) is 6. The molecule has 122 valence electrons. The third-order valence-corrected chi connectivity index (χ3v) is 5.12. The maximum Gasteiger partial charge on any atom is 0.293 e. The quantitative estimate of drug-likeness (QED) is 0.591. The first kappa shape index (κ1) is 16.7. The van der Waals surface area contributed by atoms with Crippen molar-refractivity contribution in [3.8, 4) is 5.75 Å². The number of sulfonamides is 1. The molecule has 0 aliphatic carbocycles. The second-order valence-corrected chi connectivity index (χ2v) is 6.30. The van der Waals surface area contributed by atoms with Crippen molar-refractivity contribution in [1.29, 1.82) is 0 Å². The van der Waals surface area contributed by atoms with Crippen LogP contribution in [0.5, 0.6) is 5.75 Å². The summed E-state index contributed by atoms with van der Waals surface area (Å²) < 4.78 is 31.7. The first-order valence-corrected chi connectivity index (χ1v) is 8.11. The van der Waals surface area contributed by atoms with Gasteiger partial charge in [-0.1, -0.05) is 0 Å². The van der Waals surface area contributed by atoms with E-state index in [-0.39, 0.29) is 17.2 Å². The molecule has 23 heavy (non-hydrogen) atoms. The maximum absolute atomic E-state index is 12.8. The van der Waals surface area contributed by atoms with Crippen LogP contribution in [0.4, 0.5) is 11.4 Å². The first-order chi connectivity index (χ1) is 10.9. The van der Waals surface area contributed by atoms with E-state index < -0.39 is 20.6 Å². The molecule has 1 aromatic carbocycles. The summed E-state index contributed by atoms with van der Waals surface area (Å²) in [4.78, 5) is 14.0. The molecule has 2 rings (SSSR count). The van der Waals surface area contributed by atoms with Gasteiger partial charge in [0.1, 0.15) is 5.75 Å². The number of nitro groups is 1. The van der Waals surface area contributed by atoms with Gasteiger partial charge >= 0.3 is 0 Å². The summed E-state index contributed by atoms with van der Waals surface area (Å²) in [5.41, 5.74) is -0.149. The van der Waals surface area contributed by atoms with Crippen LogP contribution in [0.3, 0.4) is 0 Å². The van der Waals surface area contributed by atoms with Crippen LogP contribution in [0.2, 0.25) is 0 Å². The SMILES string of the molecule is CCN(c1ccncc1)S(=O)(=O)c1ccc(OC)cc1[N+](=O)[O-]. The predicted octanol–water partition coefficient (Wildman–Crippen LogP) is 2.21. The van der Waals surface area contributed by atoms with Crippen molar-refractivity contribution in [3.05, 3.63) is 52.8 Å². The summed E-state index contributed by atoms with van der Waals surface area (Å²) in [7, 11) is -2.75. The minimum absolute atomic E-state index is 0.121. The number of hydrogen-bond donors (Lipinski definition) is 0. The van der Waals surface area contributed by atoms with Crippen molar-refractivity contribution in [3.63, 3.8) is 0 Å². The molecule has 0 spiro atoms. The van der Waals surface area contributed by atoms with Gasteiger partial charge in [-0.15, -0.1) is 0 Å². The van der Waals surface area contributed by atoms with E-state index in [1.807, 2.05) is 0 Å². The van der Waals surface area contributed by atoms with E-state index in [2.05, 4.69) is 4.98 Å². The van der Waals surface area contributed by atoms with Gasteiger partial charge < -0.3 is 4.74 Å². The fourth-order valence-electron chi connectivity index (χ4n) is 2.11. The predicted molar refractivity (Wildman–Crippen MR) is 84.1 cm³/mol. The van der Waals surface area contributed by atoms with E-state index in [0.29, 0.717) is 5.69 Å². The van der Waals surface area contributed by atoms with Gasteiger partial charge in [-0.05, 0) is 31.2 Å². The van der Waals surface area contributed by atoms with Crippen LogP contribution in [0.25, 0.3) is 0 Å². The van der Waals surface area contributed by atoms with Gasteiger partial charge in [-0.25, -0.2) is 8.42 Å². The number of nitrogens with zero attached hydrogens (tertiary/aromatic N) is 3. The van der Waals surface area contributed by atoms with Gasteiger partial charge in [0.2, 0.25) is 0 Å². The molecule has 0 unspecified atom stereocenters. The summed E-state index contributed by atoms with van der Waals surface area (Å²) in [5, 5.41) is 11.2. The van der Waals surface area contributed by atoms with Crippen molar-refractivity contribution in [1.82, 2.24) is 4.98 Å². The van der Waals surface area contributed by atoms with Crippen molar-refractivity contribution in [2.24, 2.45) is 0 Å². The topological polar surface area (TPSA) is 103 Å². The van der Waals surface area contributed by atoms with Crippen LogP contribution < -0.4 is 9.04 Å². The number of rotatable bonds is 6. The molecule has 0 N–H and O–H groups in total. The molecule has 9 heteroatoms.